The van der Waals surface area contributed by atoms with Crippen LogP contribution in [0.15, 0.2) is 40.9 Å². The van der Waals surface area contributed by atoms with Crippen LogP contribution in [0, 0.1) is 0 Å². The van der Waals surface area contributed by atoms with Crippen molar-refractivity contribution >= 4 is 39.9 Å². The van der Waals surface area contributed by atoms with Crippen LogP contribution >= 0.6 is 39.9 Å². The van der Waals surface area contributed by atoms with Gasteiger partial charge in [-0.3, -0.25) is 0 Å². The maximum atomic E-state index is 5.90. The van der Waals surface area contributed by atoms with Gasteiger partial charge in [-0.2, -0.15) is 0 Å². The molecule has 0 radical (unpaired) electrons. The topological polar surface area (TPSA) is 30.5 Å². The third-order valence-electron chi connectivity index (χ3n) is 3.42. The summed E-state index contributed by atoms with van der Waals surface area (Å²) in [6, 6.07) is 11.9. The molecule has 0 aliphatic heterocycles. The van der Waals surface area contributed by atoms with E-state index in [2.05, 4.69) is 39.4 Å². The third-order valence-corrected chi connectivity index (χ3v) is 4.13. The van der Waals surface area contributed by atoms with Crippen molar-refractivity contribution in [2.24, 2.45) is 0 Å². The standard InChI is InChI=1S/C18H21BrClNO2.ClH/c1-3-23-18-14(10-15(19)11-17(18)22-2)12-21-9-8-13-4-6-16(20)7-5-13;/h4-7,10-11,21H,3,8-9,12H2,1-2H3;1H. The predicted octanol–water partition coefficient (Wildman–Crippen LogP) is 5.26. The van der Waals surface area contributed by atoms with E-state index in [1.54, 1.807) is 7.11 Å². The van der Waals surface area contributed by atoms with Gasteiger partial charge in [0.1, 0.15) is 0 Å². The smallest absolute Gasteiger partial charge is 0.165 e. The lowest BCUT2D eigenvalue weighted by molar-refractivity contribution is 0.306. The second kappa shape index (κ2) is 10.8. The molecule has 3 nitrogen and oxygen atoms in total. The summed E-state index contributed by atoms with van der Waals surface area (Å²) in [4.78, 5) is 0. The summed E-state index contributed by atoms with van der Waals surface area (Å²) in [6.07, 6.45) is 0.951. The van der Waals surface area contributed by atoms with Crippen LogP contribution in [0.25, 0.3) is 0 Å². The number of hydrogen-bond acceptors (Lipinski definition) is 3. The molecule has 0 atom stereocenters. The van der Waals surface area contributed by atoms with Crippen molar-refractivity contribution in [1.82, 2.24) is 5.32 Å². The Labute approximate surface area is 163 Å². The van der Waals surface area contributed by atoms with Crippen molar-refractivity contribution in [3.8, 4) is 11.5 Å². The van der Waals surface area contributed by atoms with E-state index >= 15 is 0 Å². The minimum absolute atomic E-state index is 0. The first kappa shape index (κ1) is 21.1. The number of halogens is 3. The minimum atomic E-state index is 0. The monoisotopic (exact) mass is 433 g/mol. The predicted molar refractivity (Wildman–Crippen MR) is 106 cm³/mol. The molecule has 1 N–H and O–H groups in total. The second-order valence-electron chi connectivity index (χ2n) is 5.08. The zero-order valence-corrected chi connectivity index (χ0v) is 16.9. The van der Waals surface area contributed by atoms with Gasteiger partial charge >= 0.3 is 0 Å². The van der Waals surface area contributed by atoms with Crippen LogP contribution in [-0.4, -0.2) is 20.3 Å². The molecule has 0 aromatic heterocycles. The van der Waals surface area contributed by atoms with E-state index in [1.807, 2.05) is 25.1 Å². The molecule has 0 amide bonds. The number of rotatable bonds is 8. The molecule has 6 heteroatoms. The number of benzene rings is 2. The molecule has 24 heavy (non-hydrogen) atoms. The quantitative estimate of drug-likeness (QED) is 0.574. The third kappa shape index (κ3) is 6.17. The Morgan fingerprint density at radius 1 is 1.17 bits per heavy atom. The van der Waals surface area contributed by atoms with Gasteiger partial charge in [0.15, 0.2) is 11.5 Å². The first-order valence-corrected chi connectivity index (χ1v) is 8.75. The first-order chi connectivity index (χ1) is 11.1. The average Bonchev–Trinajstić information content (AvgIpc) is 2.55. The summed E-state index contributed by atoms with van der Waals surface area (Å²) in [7, 11) is 1.65. The molecule has 2 aromatic carbocycles. The van der Waals surface area contributed by atoms with Gasteiger partial charge in [-0.1, -0.05) is 39.7 Å². The molecule has 0 spiro atoms. The summed E-state index contributed by atoms with van der Waals surface area (Å²) in [6.45, 7) is 4.18. The highest BCUT2D eigenvalue weighted by Crippen LogP contribution is 2.34. The Morgan fingerprint density at radius 2 is 1.88 bits per heavy atom. The van der Waals surface area contributed by atoms with Gasteiger partial charge in [0, 0.05) is 21.6 Å². The highest BCUT2D eigenvalue weighted by Gasteiger charge is 2.12. The van der Waals surface area contributed by atoms with E-state index in [0.29, 0.717) is 6.61 Å². The SMILES string of the molecule is CCOc1c(CNCCc2ccc(Cl)cc2)cc(Br)cc1OC.Cl. The normalized spacial score (nSPS) is 10.2. The summed E-state index contributed by atoms with van der Waals surface area (Å²) in [5, 5.41) is 4.22. The van der Waals surface area contributed by atoms with Gasteiger partial charge in [-0.15, -0.1) is 12.4 Å². The fraction of sp³-hybridized carbons (Fsp3) is 0.333. The van der Waals surface area contributed by atoms with Crippen LogP contribution in [0.4, 0.5) is 0 Å². The largest absolute Gasteiger partial charge is 0.493 e. The van der Waals surface area contributed by atoms with Crippen molar-refractivity contribution in [1.29, 1.82) is 0 Å². The van der Waals surface area contributed by atoms with Crippen LogP contribution < -0.4 is 14.8 Å². The van der Waals surface area contributed by atoms with Gasteiger partial charge < -0.3 is 14.8 Å². The van der Waals surface area contributed by atoms with Crippen molar-refractivity contribution in [3.05, 3.63) is 57.0 Å². The van der Waals surface area contributed by atoms with E-state index in [1.165, 1.54) is 5.56 Å². The van der Waals surface area contributed by atoms with Gasteiger partial charge in [0.2, 0.25) is 0 Å². The number of methoxy groups -OCH3 is 1. The van der Waals surface area contributed by atoms with Gasteiger partial charge in [0.05, 0.1) is 13.7 Å². The van der Waals surface area contributed by atoms with Crippen LogP contribution in [0.5, 0.6) is 11.5 Å². The fourth-order valence-corrected chi connectivity index (χ4v) is 2.93. The van der Waals surface area contributed by atoms with Gasteiger partial charge in [-0.05, 0) is 49.7 Å². The molecular weight excluding hydrogens is 413 g/mol. The van der Waals surface area contributed by atoms with Crippen molar-refractivity contribution in [3.63, 3.8) is 0 Å². The highest BCUT2D eigenvalue weighted by molar-refractivity contribution is 9.10. The summed E-state index contributed by atoms with van der Waals surface area (Å²) in [5.74, 6) is 1.55. The van der Waals surface area contributed by atoms with Crippen LogP contribution in [-0.2, 0) is 13.0 Å². The fourth-order valence-electron chi connectivity index (χ4n) is 2.32. The lowest BCUT2D eigenvalue weighted by Crippen LogP contribution is -2.17. The molecule has 0 heterocycles. The summed E-state index contributed by atoms with van der Waals surface area (Å²) in [5.41, 5.74) is 2.34. The van der Waals surface area contributed by atoms with Crippen LogP contribution in [0.1, 0.15) is 18.1 Å². The molecule has 0 bridgehead atoms. The molecule has 0 fully saturated rings. The maximum Gasteiger partial charge on any atom is 0.165 e. The number of ether oxygens (including phenoxy) is 2. The lowest BCUT2D eigenvalue weighted by Gasteiger charge is -2.15. The van der Waals surface area contributed by atoms with Gasteiger partial charge in [-0.25, -0.2) is 0 Å². The van der Waals surface area contributed by atoms with Crippen molar-refractivity contribution < 1.29 is 9.47 Å². The molecule has 2 rings (SSSR count). The van der Waals surface area contributed by atoms with Crippen LogP contribution in [0.2, 0.25) is 5.02 Å². The Morgan fingerprint density at radius 3 is 2.50 bits per heavy atom. The Kier molecular flexibility index (Phi) is 9.52. The average molecular weight is 435 g/mol. The molecule has 0 aliphatic rings. The Balaban J connectivity index is 0.00000288. The molecule has 0 saturated heterocycles. The van der Waals surface area contributed by atoms with E-state index in [9.17, 15) is 0 Å². The van der Waals surface area contributed by atoms with E-state index < -0.39 is 0 Å². The number of hydrogen-bond donors (Lipinski definition) is 1. The molecule has 2 aromatic rings. The highest BCUT2D eigenvalue weighted by atomic mass is 79.9. The molecule has 132 valence electrons. The van der Waals surface area contributed by atoms with Crippen molar-refractivity contribution in [2.45, 2.75) is 19.9 Å². The molecule has 0 unspecified atom stereocenters. The van der Waals surface area contributed by atoms with Crippen molar-refractivity contribution in [2.75, 3.05) is 20.3 Å². The zero-order valence-electron chi connectivity index (χ0n) is 13.8. The molecule has 0 aliphatic carbocycles. The Bertz CT molecular complexity index is 636. The van der Waals surface area contributed by atoms with E-state index in [4.69, 9.17) is 21.1 Å². The molecule has 0 saturated carbocycles. The summed E-state index contributed by atoms with van der Waals surface area (Å²) >= 11 is 9.41. The second-order valence-corrected chi connectivity index (χ2v) is 6.43. The maximum absolute atomic E-state index is 5.90. The zero-order chi connectivity index (χ0) is 16.7. The van der Waals surface area contributed by atoms with E-state index in [0.717, 1.165) is 46.1 Å². The molecular formula is C18H22BrCl2NO2. The van der Waals surface area contributed by atoms with Gasteiger partial charge in [0.25, 0.3) is 0 Å². The number of nitrogens with one attached hydrogen (secondary N) is 1. The first-order valence-electron chi connectivity index (χ1n) is 7.58. The van der Waals surface area contributed by atoms with E-state index in [-0.39, 0.29) is 12.4 Å². The lowest BCUT2D eigenvalue weighted by atomic mass is 10.1. The summed E-state index contributed by atoms with van der Waals surface area (Å²) < 4.78 is 12.1. The van der Waals surface area contributed by atoms with Crippen LogP contribution in [0.3, 0.4) is 0 Å². The minimum Gasteiger partial charge on any atom is -0.493 e. The Hall–Kier alpha value is -0.940.